The Kier molecular flexibility index (Phi) is 5.04. The summed E-state index contributed by atoms with van der Waals surface area (Å²) in [5.74, 6) is -0.468. The molecule has 1 aliphatic heterocycles. The predicted molar refractivity (Wildman–Crippen MR) is 96.0 cm³/mol. The number of rotatable bonds is 3. The average molecular weight is 419 g/mol. The van der Waals surface area contributed by atoms with Crippen molar-refractivity contribution in [2.75, 3.05) is 5.32 Å². The van der Waals surface area contributed by atoms with Crippen molar-refractivity contribution in [3.63, 3.8) is 0 Å². The van der Waals surface area contributed by atoms with Crippen LogP contribution in [0.5, 0.6) is 0 Å². The Morgan fingerprint density at radius 1 is 1.48 bits per heavy atom. The van der Waals surface area contributed by atoms with Gasteiger partial charge in [-0.15, -0.1) is 11.3 Å². The second-order valence-electron chi connectivity index (χ2n) is 6.09. The number of nitrogens with one attached hydrogen (secondary N) is 1. The molecular formula is C16H14ClF3N4O2S. The van der Waals surface area contributed by atoms with Gasteiger partial charge in [0.2, 0.25) is 0 Å². The summed E-state index contributed by atoms with van der Waals surface area (Å²) in [5, 5.41) is 4.64. The zero-order valence-electron chi connectivity index (χ0n) is 13.9. The molecule has 0 bridgehead atoms. The Labute approximate surface area is 161 Å². The van der Waals surface area contributed by atoms with E-state index in [1.54, 1.807) is 18.4 Å². The number of hydrogen-bond donors (Lipinski definition) is 2. The van der Waals surface area contributed by atoms with Gasteiger partial charge in [0.25, 0.3) is 11.9 Å². The number of hydrogen-bond acceptors (Lipinski definition) is 6. The maximum atomic E-state index is 13.1. The van der Waals surface area contributed by atoms with E-state index in [2.05, 4.69) is 20.0 Å². The number of nitrogens with two attached hydrogens (primary N) is 1. The molecule has 27 heavy (non-hydrogen) atoms. The molecule has 0 unspecified atom stereocenters. The van der Waals surface area contributed by atoms with Crippen LogP contribution in [-0.2, 0) is 10.3 Å². The van der Waals surface area contributed by atoms with E-state index in [9.17, 15) is 18.0 Å². The highest BCUT2D eigenvalue weighted by atomic mass is 35.5. The molecule has 0 fully saturated rings. The number of amides is 1. The van der Waals surface area contributed by atoms with E-state index in [4.69, 9.17) is 17.3 Å². The Morgan fingerprint density at radius 2 is 2.22 bits per heavy atom. The van der Waals surface area contributed by atoms with Crippen molar-refractivity contribution in [2.24, 2.45) is 10.7 Å². The lowest BCUT2D eigenvalue weighted by molar-refractivity contribution is -0.208. The van der Waals surface area contributed by atoms with Gasteiger partial charge < -0.3 is 15.8 Å². The predicted octanol–water partition coefficient (Wildman–Crippen LogP) is 3.93. The van der Waals surface area contributed by atoms with Crippen molar-refractivity contribution in [3.8, 4) is 0 Å². The second kappa shape index (κ2) is 7.01. The number of aromatic nitrogens is 1. The van der Waals surface area contributed by atoms with Gasteiger partial charge in [-0.3, -0.25) is 4.79 Å². The van der Waals surface area contributed by atoms with Gasteiger partial charge in [0.15, 0.2) is 6.10 Å². The van der Waals surface area contributed by atoms with Crippen LogP contribution in [-0.4, -0.2) is 29.2 Å². The molecule has 2 atom stereocenters. The van der Waals surface area contributed by atoms with E-state index in [-0.39, 0.29) is 5.69 Å². The number of carbonyl (C=O) groups is 1. The fraction of sp³-hybridized carbons (Fsp3) is 0.312. The van der Waals surface area contributed by atoms with Crippen LogP contribution in [0.1, 0.15) is 28.7 Å². The normalized spacial score (nSPS) is 22.7. The van der Waals surface area contributed by atoms with Gasteiger partial charge in [-0.05, 0) is 25.1 Å². The number of alkyl halides is 3. The molecule has 2 aromatic heterocycles. The Bertz CT molecular complexity index is 885. The van der Waals surface area contributed by atoms with Crippen LogP contribution in [0, 0.1) is 0 Å². The summed E-state index contributed by atoms with van der Waals surface area (Å²) in [6.45, 7) is 1.54. The van der Waals surface area contributed by atoms with Crippen molar-refractivity contribution in [3.05, 3.63) is 45.4 Å². The fourth-order valence-electron chi connectivity index (χ4n) is 2.59. The summed E-state index contributed by atoms with van der Waals surface area (Å²) in [6.07, 6.45) is -5.67. The number of pyridine rings is 1. The first-order valence-electron chi connectivity index (χ1n) is 7.67. The summed E-state index contributed by atoms with van der Waals surface area (Å²) in [5.41, 5.74) is 4.82. The maximum absolute atomic E-state index is 13.1. The van der Waals surface area contributed by atoms with Gasteiger partial charge in [0.05, 0.1) is 10.7 Å². The van der Waals surface area contributed by atoms with Crippen LogP contribution in [0.15, 0.2) is 34.8 Å². The molecule has 3 heterocycles. The first-order chi connectivity index (χ1) is 12.6. The molecule has 0 saturated heterocycles. The highest BCUT2D eigenvalue weighted by molar-refractivity contribution is 7.10. The zero-order valence-corrected chi connectivity index (χ0v) is 15.5. The number of thiophene rings is 1. The highest BCUT2D eigenvalue weighted by Crippen LogP contribution is 2.42. The molecule has 2 aromatic rings. The minimum atomic E-state index is -4.56. The lowest BCUT2D eigenvalue weighted by Gasteiger charge is -2.34. The number of carbonyl (C=O) groups excluding carboxylic acids is 1. The van der Waals surface area contributed by atoms with E-state index >= 15 is 0 Å². The molecule has 144 valence electrons. The first-order valence-corrected chi connectivity index (χ1v) is 8.93. The molecule has 0 radical (unpaired) electrons. The standard InChI is InChI=1S/C16H14ClF3N4O2S/c1-15(5-11(16(18,19)20)26-14(21)24-15)12-4-9(7-27-12)23-13(25)10-3-2-8(17)6-22-10/h2-4,6-7,11H,5H2,1H3,(H2,21,24)(H,23,25)/t11-,15-/m0/s1. The van der Waals surface area contributed by atoms with Crippen LogP contribution >= 0.6 is 22.9 Å². The van der Waals surface area contributed by atoms with Gasteiger partial charge in [-0.1, -0.05) is 11.6 Å². The Hall–Kier alpha value is -2.33. The van der Waals surface area contributed by atoms with Crippen LogP contribution in [0.4, 0.5) is 18.9 Å². The Balaban J connectivity index is 1.79. The monoisotopic (exact) mass is 418 g/mol. The number of anilines is 1. The van der Waals surface area contributed by atoms with E-state index in [1.165, 1.54) is 29.7 Å². The third kappa shape index (κ3) is 4.33. The summed E-state index contributed by atoms with van der Waals surface area (Å²) in [6, 6.07) is 4.04. The molecule has 0 spiro atoms. The van der Waals surface area contributed by atoms with Crippen molar-refractivity contribution in [1.82, 2.24) is 4.98 Å². The number of amidine groups is 1. The Morgan fingerprint density at radius 3 is 2.85 bits per heavy atom. The van der Waals surface area contributed by atoms with Crippen molar-refractivity contribution in [1.29, 1.82) is 0 Å². The summed E-state index contributed by atoms with van der Waals surface area (Å²) < 4.78 is 43.8. The molecule has 0 saturated carbocycles. The molecular weight excluding hydrogens is 405 g/mol. The van der Waals surface area contributed by atoms with Crippen LogP contribution < -0.4 is 11.1 Å². The third-order valence-electron chi connectivity index (χ3n) is 3.92. The zero-order chi connectivity index (χ0) is 19.8. The number of halogens is 4. The van der Waals surface area contributed by atoms with Gasteiger partial charge >= 0.3 is 6.18 Å². The van der Waals surface area contributed by atoms with Crippen LogP contribution in [0.2, 0.25) is 5.02 Å². The number of aliphatic imine (C=N–C) groups is 1. The minimum absolute atomic E-state index is 0.156. The lowest BCUT2D eigenvalue weighted by atomic mass is 9.92. The molecule has 3 rings (SSSR count). The summed E-state index contributed by atoms with van der Waals surface area (Å²) in [4.78, 5) is 20.7. The first kappa shape index (κ1) is 19.4. The van der Waals surface area contributed by atoms with Gasteiger partial charge in [0, 0.05) is 22.9 Å². The van der Waals surface area contributed by atoms with E-state index in [0.717, 1.165) is 0 Å². The van der Waals surface area contributed by atoms with Gasteiger partial charge in [-0.25, -0.2) is 9.98 Å². The SMILES string of the molecule is C[C@@]1(c2cc(NC(=O)c3ccc(Cl)cn3)cs2)C[C@@H](C(F)(F)F)OC(N)=N1. The maximum Gasteiger partial charge on any atom is 0.425 e. The molecule has 11 heteroatoms. The van der Waals surface area contributed by atoms with Crippen molar-refractivity contribution in [2.45, 2.75) is 31.2 Å². The van der Waals surface area contributed by atoms with Crippen LogP contribution in [0.25, 0.3) is 0 Å². The van der Waals surface area contributed by atoms with Gasteiger partial charge in [0.1, 0.15) is 11.2 Å². The summed E-state index contributed by atoms with van der Waals surface area (Å²) in [7, 11) is 0. The third-order valence-corrected chi connectivity index (χ3v) is 5.32. The van der Waals surface area contributed by atoms with Crippen LogP contribution in [0.3, 0.4) is 0 Å². The molecule has 1 aliphatic rings. The minimum Gasteiger partial charge on any atom is -0.452 e. The number of ether oxygens (including phenoxy) is 1. The molecule has 3 N–H and O–H groups in total. The van der Waals surface area contributed by atoms with Crippen molar-refractivity contribution >= 4 is 40.6 Å². The van der Waals surface area contributed by atoms with E-state index in [1.807, 2.05) is 0 Å². The molecule has 1 amide bonds. The highest BCUT2D eigenvalue weighted by Gasteiger charge is 2.49. The molecule has 0 aliphatic carbocycles. The van der Waals surface area contributed by atoms with E-state index in [0.29, 0.717) is 15.6 Å². The average Bonchev–Trinajstić information content (AvgIpc) is 3.03. The van der Waals surface area contributed by atoms with E-state index < -0.39 is 36.2 Å². The topological polar surface area (TPSA) is 89.6 Å². The fourth-order valence-corrected chi connectivity index (χ4v) is 3.66. The van der Waals surface area contributed by atoms with Gasteiger partial charge in [-0.2, -0.15) is 13.2 Å². The smallest absolute Gasteiger partial charge is 0.425 e. The number of nitrogens with zero attached hydrogens (tertiary/aromatic N) is 2. The molecule has 0 aromatic carbocycles. The molecule has 6 nitrogen and oxygen atoms in total. The summed E-state index contributed by atoms with van der Waals surface area (Å²) >= 11 is 6.90. The van der Waals surface area contributed by atoms with Crippen molar-refractivity contribution < 1.29 is 22.7 Å². The largest absolute Gasteiger partial charge is 0.452 e. The second-order valence-corrected chi connectivity index (χ2v) is 7.44. The quantitative estimate of drug-likeness (QED) is 0.790. The lowest BCUT2D eigenvalue weighted by Crippen LogP contribution is -2.45.